The summed E-state index contributed by atoms with van der Waals surface area (Å²) in [6.07, 6.45) is 1.61. The second kappa shape index (κ2) is 9.64. The van der Waals surface area contributed by atoms with Gasteiger partial charge >= 0.3 is 0 Å². The van der Waals surface area contributed by atoms with Crippen molar-refractivity contribution in [2.24, 2.45) is 0 Å². The Morgan fingerprint density at radius 3 is 2.20 bits per heavy atom. The van der Waals surface area contributed by atoms with Crippen LogP contribution in [0.15, 0.2) is 24.3 Å². The number of nitrogens with two attached hydrogens (primary N) is 1. The van der Waals surface area contributed by atoms with Gasteiger partial charge in [0.05, 0.1) is 11.0 Å². The highest BCUT2D eigenvalue weighted by Gasteiger charge is 1.92. The van der Waals surface area contributed by atoms with E-state index in [1.807, 2.05) is 38.1 Å². The van der Waals surface area contributed by atoms with Crippen molar-refractivity contribution in [1.29, 1.82) is 0 Å². The predicted molar refractivity (Wildman–Crippen MR) is 71.0 cm³/mol. The van der Waals surface area contributed by atoms with E-state index in [0.717, 1.165) is 11.3 Å². The normalized spacial score (nSPS) is 10.6. The summed E-state index contributed by atoms with van der Waals surface area (Å²) < 4.78 is 13.5. The predicted octanol–water partition coefficient (Wildman–Crippen LogP) is 1.35. The molecule has 0 aliphatic heterocycles. The van der Waals surface area contributed by atoms with Gasteiger partial charge in [-0.15, -0.1) is 0 Å². The van der Waals surface area contributed by atoms with Gasteiger partial charge in [0, 0.05) is 21.3 Å². The minimum absolute atomic E-state index is 0. The van der Waals surface area contributed by atoms with Gasteiger partial charge < -0.3 is 11.2 Å². The minimum atomic E-state index is -0.953. The maximum absolute atomic E-state index is 10.7. The fourth-order valence-corrected chi connectivity index (χ4v) is 1.19. The maximum Gasteiger partial charge on any atom is 0.0886 e. The highest BCUT2D eigenvalue weighted by atomic mass is 32.2. The largest absolute Gasteiger partial charge is 0.412 e. The van der Waals surface area contributed by atoms with Gasteiger partial charge in [-0.1, -0.05) is 26.0 Å². The molecule has 1 atom stereocenters. The van der Waals surface area contributed by atoms with Gasteiger partial charge in [-0.25, -0.2) is 8.93 Å². The summed E-state index contributed by atoms with van der Waals surface area (Å²) in [4.78, 5) is 0. The van der Waals surface area contributed by atoms with Crippen LogP contribution in [0.3, 0.4) is 0 Å². The molecule has 0 spiro atoms. The zero-order chi connectivity index (χ0) is 11.0. The highest BCUT2D eigenvalue weighted by Crippen LogP contribution is 2.04. The minimum Gasteiger partial charge on any atom is -0.412 e. The molecule has 0 radical (unpaired) electrons. The standard InChI is InChI=1S/C8H12N2OS.C2H6.H2O.2H2/c1-12(11)10-6-7-2-4-8(9)5-3-7;1-2;;;/h2-5,10H,6,9H2,1H3;1-2H3;1H2;2*1H. The molecule has 5 heteroatoms. The van der Waals surface area contributed by atoms with Crippen molar-refractivity contribution in [2.75, 3.05) is 12.0 Å². The Morgan fingerprint density at radius 2 is 1.80 bits per heavy atom. The lowest BCUT2D eigenvalue weighted by molar-refractivity contribution is 0.676. The molecule has 0 saturated carbocycles. The van der Waals surface area contributed by atoms with E-state index >= 15 is 0 Å². The molecule has 0 aliphatic carbocycles. The molecule has 15 heavy (non-hydrogen) atoms. The smallest absolute Gasteiger partial charge is 0.0886 e. The molecule has 0 heterocycles. The van der Waals surface area contributed by atoms with Gasteiger partial charge in [0.25, 0.3) is 0 Å². The Balaban J connectivity index is -0.000000160. The molecule has 0 fully saturated rings. The van der Waals surface area contributed by atoms with Crippen molar-refractivity contribution in [1.82, 2.24) is 4.72 Å². The van der Waals surface area contributed by atoms with Crippen molar-refractivity contribution < 1.29 is 12.5 Å². The van der Waals surface area contributed by atoms with Crippen LogP contribution < -0.4 is 10.5 Å². The first-order valence-electron chi connectivity index (χ1n) is 4.60. The first-order valence-corrected chi connectivity index (χ1v) is 6.15. The molecular formula is C10H24N2O2S. The van der Waals surface area contributed by atoms with Crippen LogP contribution in [0.5, 0.6) is 0 Å². The van der Waals surface area contributed by atoms with Crippen LogP contribution in [0.1, 0.15) is 22.3 Å². The summed E-state index contributed by atoms with van der Waals surface area (Å²) in [7, 11) is -0.953. The summed E-state index contributed by atoms with van der Waals surface area (Å²) >= 11 is 0. The number of nitrogens with one attached hydrogen (secondary N) is 1. The van der Waals surface area contributed by atoms with Crippen molar-refractivity contribution in [3.05, 3.63) is 29.8 Å². The van der Waals surface area contributed by atoms with E-state index in [4.69, 9.17) is 5.73 Å². The zero-order valence-corrected chi connectivity index (χ0v) is 10.2. The third kappa shape index (κ3) is 8.11. The first kappa shape index (κ1) is 16.5. The van der Waals surface area contributed by atoms with Gasteiger partial charge in [-0.2, -0.15) is 0 Å². The number of benzene rings is 1. The Labute approximate surface area is 96.7 Å². The fourth-order valence-electron chi connectivity index (χ4n) is 0.820. The van der Waals surface area contributed by atoms with E-state index < -0.39 is 11.0 Å². The molecule has 0 aromatic heterocycles. The van der Waals surface area contributed by atoms with Crippen LogP contribution in [-0.2, 0) is 17.5 Å². The molecule has 0 aliphatic rings. The van der Waals surface area contributed by atoms with Crippen LogP contribution in [0.4, 0.5) is 5.69 Å². The first-order chi connectivity index (χ1) is 6.68. The lowest BCUT2D eigenvalue weighted by Crippen LogP contribution is -2.14. The second-order valence-corrected chi connectivity index (χ2v) is 3.71. The fraction of sp³-hybridized carbons (Fsp3) is 0.400. The Morgan fingerprint density at radius 1 is 1.33 bits per heavy atom. The number of anilines is 1. The summed E-state index contributed by atoms with van der Waals surface area (Å²) in [6, 6.07) is 7.48. The van der Waals surface area contributed by atoms with Crippen LogP contribution in [0.2, 0.25) is 0 Å². The average molecular weight is 236 g/mol. The Hall–Kier alpha value is -0.910. The van der Waals surface area contributed by atoms with Crippen molar-refractivity contribution in [2.45, 2.75) is 20.4 Å². The third-order valence-electron chi connectivity index (χ3n) is 1.46. The zero-order valence-electron chi connectivity index (χ0n) is 9.41. The Kier molecular flexibility index (Phi) is 10.6. The quantitative estimate of drug-likeness (QED) is 0.776. The third-order valence-corrected chi connectivity index (χ3v) is 2.01. The lowest BCUT2D eigenvalue weighted by atomic mass is 10.2. The van der Waals surface area contributed by atoms with Crippen LogP contribution >= 0.6 is 0 Å². The van der Waals surface area contributed by atoms with Gasteiger partial charge in [0.2, 0.25) is 0 Å². The van der Waals surface area contributed by atoms with E-state index in [1.54, 1.807) is 6.26 Å². The van der Waals surface area contributed by atoms with E-state index in [2.05, 4.69) is 4.72 Å². The molecule has 4 nitrogen and oxygen atoms in total. The van der Waals surface area contributed by atoms with Crippen molar-refractivity contribution in [3.8, 4) is 0 Å². The lowest BCUT2D eigenvalue weighted by Gasteiger charge is -2.01. The molecule has 1 aromatic carbocycles. The number of rotatable bonds is 3. The van der Waals surface area contributed by atoms with Crippen LogP contribution in [0, 0.1) is 0 Å². The molecule has 92 valence electrons. The number of hydrogen-bond donors (Lipinski definition) is 2. The van der Waals surface area contributed by atoms with Crippen molar-refractivity contribution in [3.63, 3.8) is 0 Å². The highest BCUT2D eigenvalue weighted by molar-refractivity contribution is 7.82. The molecule has 1 unspecified atom stereocenters. The average Bonchev–Trinajstić information content (AvgIpc) is 2.20. The van der Waals surface area contributed by atoms with Gasteiger partial charge in [-0.3, -0.25) is 0 Å². The molecular weight excluding hydrogens is 212 g/mol. The van der Waals surface area contributed by atoms with E-state index in [0.29, 0.717) is 6.54 Å². The molecule has 1 rings (SSSR count). The summed E-state index contributed by atoms with van der Waals surface area (Å²) in [6.45, 7) is 4.61. The molecule has 0 amide bonds. The summed E-state index contributed by atoms with van der Waals surface area (Å²) in [5.41, 5.74) is 7.33. The van der Waals surface area contributed by atoms with Gasteiger partial charge in [0.15, 0.2) is 0 Å². The Bertz CT molecular complexity index is 284. The van der Waals surface area contributed by atoms with Gasteiger partial charge in [-0.05, 0) is 17.7 Å². The van der Waals surface area contributed by atoms with E-state index in [9.17, 15) is 4.21 Å². The van der Waals surface area contributed by atoms with Crippen molar-refractivity contribution >= 4 is 16.7 Å². The summed E-state index contributed by atoms with van der Waals surface area (Å²) in [5.74, 6) is 0. The van der Waals surface area contributed by atoms with E-state index in [1.165, 1.54) is 0 Å². The monoisotopic (exact) mass is 236 g/mol. The molecule has 1 aromatic rings. The topological polar surface area (TPSA) is 86.6 Å². The van der Waals surface area contributed by atoms with Crippen LogP contribution in [-0.4, -0.2) is 15.9 Å². The molecule has 0 saturated heterocycles. The van der Waals surface area contributed by atoms with Gasteiger partial charge in [0.1, 0.15) is 0 Å². The second-order valence-electron chi connectivity index (χ2n) is 2.52. The molecule has 0 bridgehead atoms. The maximum atomic E-state index is 10.7. The summed E-state index contributed by atoms with van der Waals surface area (Å²) in [5, 5.41) is 0. The van der Waals surface area contributed by atoms with E-state index in [-0.39, 0.29) is 8.33 Å². The number of nitrogen functional groups attached to an aromatic ring is 1. The number of hydrogen-bond acceptors (Lipinski definition) is 2. The van der Waals surface area contributed by atoms with Crippen LogP contribution in [0.25, 0.3) is 0 Å². The SMILES string of the molecule is CC.CS(=O)NCc1ccc(N)cc1.O.[HH].[HH]. The molecule has 5 N–H and O–H groups in total.